The molecule has 0 aliphatic carbocycles. The average Bonchev–Trinajstić information content (AvgIpc) is 2.48. The standard InChI is InChI=1S/C19H20F2O2/c1-5-6-12-8-14(10-16(21)18(12)23)19(3,4)13-7-11(2)17(22)15(20)9-13/h5,7-10,22-23H,1,6H2,2-4H3. The number of benzene rings is 2. The van der Waals surface area contributed by atoms with Crippen LogP contribution in [0.4, 0.5) is 8.78 Å². The predicted octanol–water partition coefficient (Wildman–Crippen LogP) is 4.74. The molecule has 0 unspecified atom stereocenters. The van der Waals surface area contributed by atoms with E-state index in [4.69, 9.17) is 0 Å². The summed E-state index contributed by atoms with van der Waals surface area (Å²) in [7, 11) is 0. The first-order chi connectivity index (χ1) is 10.7. The first kappa shape index (κ1) is 17.0. The Morgan fingerprint density at radius 2 is 1.52 bits per heavy atom. The smallest absolute Gasteiger partial charge is 0.165 e. The van der Waals surface area contributed by atoms with Crippen LogP contribution in [0.5, 0.6) is 11.5 Å². The van der Waals surface area contributed by atoms with Crippen LogP contribution in [-0.4, -0.2) is 10.2 Å². The van der Waals surface area contributed by atoms with Crippen molar-refractivity contribution in [2.24, 2.45) is 0 Å². The topological polar surface area (TPSA) is 40.5 Å². The van der Waals surface area contributed by atoms with Gasteiger partial charge in [0, 0.05) is 11.0 Å². The molecule has 0 aliphatic rings. The Kier molecular flexibility index (Phi) is 4.46. The molecule has 0 fully saturated rings. The third-order valence-electron chi connectivity index (χ3n) is 4.20. The van der Waals surface area contributed by atoms with Crippen LogP contribution in [0.1, 0.15) is 36.1 Å². The molecule has 2 nitrogen and oxygen atoms in total. The molecule has 0 amide bonds. The van der Waals surface area contributed by atoms with Crippen molar-refractivity contribution >= 4 is 0 Å². The van der Waals surface area contributed by atoms with Crippen molar-refractivity contribution < 1.29 is 19.0 Å². The highest BCUT2D eigenvalue weighted by Crippen LogP contribution is 2.37. The lowest BCUT2D eigenvalue weighted by Crippen LogP contribution is -2.20. The molecule has 2 aromatic rings. The van der Waals surface area contributed by atoms with E-state index in [1.54, 1.807) is 25.1 Å². The molecule has 23 heavy (non-hydrogen) atoms. The van der Waals surface area contributed by atoms with Gasteiger partial charge in [0.25, 0.3) is 0 Å². The molecule has 0 atom stereocenters. The lowest BCUT2D eigenvalue weighted by molar-refractivity contribution is 0.423. The molecule has 0 aromatic heterocycles. The molecular weight excluding hydrogens is 298 g/mol. The highest BCUT2D eigenvalue weighted by atomic mass is 19.1. The fraction of sp³-hybridized carbons (Fsp3) is 0.263. The lowest BCUT2D eigenvalue weighted by atomic mass is 9.77. The van der Waals surface area contributed by atoms with Crippen molar-refractivity contribution in [3.8, 4) is 11.5 Å². The van der Waals surface area contributed by atoms with E-state index in [-0.39, 0.29) is 5.75 Å². The molecule has 0 aliphatic heterocycles. The summed E-state index contributed by atoms with van der Waals surface area (Å²) in [4.78, 5) is 0. The minimum atomic E-state index is -0.719. The normalized spacial score (nSPS) is 11.5. The number of phenolic OH excluding ortho intramolecular Hbond substituents is 2. The van der Waals surface area contributed by atoms with Gasteiger partial charge in [-0.25, -0.2) is 8.78 Å². The zero-order valence-electron chi connectivity index (χ0n) is 13.5. The molecule has 0 radical (unpaired) electrons. The van der Waals surface area contributed by atoms with Gasteiger partial charge in [0.2, 0.25) is 0 Å². The second-order valence-corrected chi connectivity index (χ2v) is 6.21. The summed E-state index contributed by atoms with van der Waals surface area (Å²) in [5.41, 5.74) is 1.36. The van der Waals surface area contributed by atoms with Gasteiger partial charge in [0.1, 0.15) is 0 Å². The van der Waals surface area contributed by atoms with Crippen molar-refractivity contribution in [2.75, 3.05) is 0 Å². The Labute approximate surface area is 134 Å². The van der Waals surface area contributed by atoms with E-state index in [0.717, 1.165) is 0 Å². The van der Waals surface area contributed by atoms with Crippen LogP contribution in [0.25, 0.3) is 0 Å². The summed E-state index contributed by atoms with van der Waals surface area (Å²) in [5, 5.41) is 19.4. The van der Waals surface area contributed by atoms with Gasteiger partial charge < -0.3 is 10.2 Å². The number of phenols is 2. The van der Waals surface area contributed by atoms with E-state index in [1.165, 1.54) is 12.1 Å². The quantitative estimate of drug-likeness (QED) is 0.800. The highest BCUT2D eigenvalue weighted by molar-refractivity contribution is 5.48. The van der Waals surface area contributed by atoms with Crippen LogP contribution in [0.2, 0.25) is 0 Å². The predicted molar refractivity (Wildman–Crippen MR) is 86.9 cm³/mol. The molecule has 0 saturated carbocycles. The Hall–Kier alpha value is -2.36. The van der Waals surface area contributed by atoms with Crippen LogP contribution >= 0.6 is 0 Å². The van der Waals surface area contributed by atoms with Crippen molar-refractivity contribution in [2.45, 2.75) is 32.6 Å². The molecular formula is C19H20F2O2. The number of aryl methyl sites for hydroxylation is 1. The fourth-order valence-corrected chi connectivity index (χ4v) is 2.59. The lowest BCUT2D eigenvalue weighted by Gasteiger charge is -2.27. The van der Waals surface area contributed by atoms with E-state index < -0.39 is 22.8 Å². The van der Waals surface area contributed by atoms with Crippen LogP contribution in [0.3, 0.4) is 0 Å². The van der Waals surface area contributed by atoms with Gasteiger partial charge in [-0.2, -0.15) is 0 Å². The van der Waals surface area contributed by atoms with Crippen molar-refractivity contribution in [3.05, 3.63) is 70.8 Å². The maximum Gasteiger partial charge on any atom is 0.165 e. The van der Waals surface area contributed by atoms with Gasteiger partial charge >= 0.3 is 0 Å². The second-order valence-electron chi connectivity index (χ2n) is 6.21. The van der Waals surface area contributed by atoms with E-state index in [2.05, 4.69) is 6.58 Å². The summed E-state index contributed by atoms with van der Waals surface area (Å²) >= 11 is 0. The average molecular weight is 318 g/mol. The third kappa shape index (κ3) is 3.07. The fourth-order valence-electron chi connectivity index (χ4n) is 2.59. The Bertz CT molecular complexity index is 741. The zero-order chi connectivity index (χ0) is 17.4. The first-order valence-corrected chi connectivity index (χ1v) is 7.30. The van der Waals surface area contributed by atoms with Gasteiger partial charge in [-0.1, -0.05) is 32.1 Å². The van der Waals surface area contributed by atoms with Gasteiger partial charge in [-0.3, -0.25) is 0 Å². The zero-order valence-corrected chi connectivity index (χ0v) is 13.5. The summed E-state index contributed by atoms with van der Waals surface area (Å²) < 4.78 is 27.9. The van der Waals surface area contributed by atoms with Gasteiger partial charge in [-0.15, -0.1) is 6.58 Å². The minimum Gasteiger partial charge on any atom is -0.505 e. The molecule has 0 heterocycles. The number of allylic oxidation sites excluding steroid dienone is 1. The molecule has 0 spiro atoms. The van der Waals surface area contributed by atoms with Crippen LogP contribution in [0.15, 0.2) is 36.9 Å². The van der Waals surface area contributed by atoms with Crippen LogP contribution in [-0.2, 0) is 11.8 Å². The number of aromatic hydroxyl groups is 2. The van der Waals surface area contributed by atoms with E-state index >= 15 is 0 Å². The van der Waals surface area contributed by atoms with E-state index in [9.17, 15) is 19.0 Å². The Morgan fingerprint density at radius 3 is 2.04 bits per heavy atom. The maximum atomic E-state index is 14.0. The monoisotopic (exact) mass is 318 g/mol. The molecule has 2 aromatic carbocycles. The Balaban J connectivity index is 2.61. The third-order valence-corrected chi connectivity index (χ3v) is 4.20. The van der Waals surface area contributed by atoms with E-state index in [0.29, 0.717) is 28.7 Å². The number of rotatable bonds is 4. The van der Waals surface area contributed by atoms with Crippen LogP contribution in [0, 0.1) is 18.6 Å². The molecule has 0 saturated heterocycles. The first-order valence-electron chi connectivity index (χ1n) is 7.30. The highest BCUT2D eigenvalue weighted by Gasteiger charge is 2.27. The van der Waals surface area contributed by atoms with Gasteiger partial charge in [-0.05, 0) is 42.2 Å². The number of hydrogen-bond acceptors (Lipinski definition) is 2. The molecule has 122 valence electrons. The van der Waals surface area contributed by atoms with Gasteiger partial charge in [0.05, 0.1) is 0 Å². The maximum absolute atomic E-state index is 14.0. The van der Waals surface area contributed by atoms with Crippen molar-refractivity contribution in [1.82, 2.24) is 0 Å². The second kappa shape index (κ2) is 6.03. The largest absolute Gasteiger partial charge is 0.505 e. The SMILES string of the molecule is C=CCc1cc(C(C)(C)c2cc(C)c(O)c(F)c2)cc(F)c1O. The summed E-state index contributed by atoms with van der Waals surface area (Å²) in [6.07, 6.45) is 1.91. The van der Waals surface area contributed by atoms with Crippen molar-refractivity contribution in [1.29, 1.82) is 0 Å². The summed E-state index contributed by atoms with van der Waals surface area (Å²) in [6, 6.07) is 5.87. The van der Waals surface area contributed by atoms with Crippen molar-refractivity contribution in [3.63, 3.8) is 0 Å². The molecule has 2 N–H and O–H groups in total. The van der Waals surface area contributed by atoms with Crippen LogP contribution < -0.4 is 0 Å². The summed E-state index contributed by atoms with van der Waals surface area (Å²) in [5.74, 6) is -2.20. The molecule has 4 heteroatoms. The molecule has 2 rings (SSSR count). The number of halogens is 2. The van der Waals surface area contributed by atoms with Gasteiger partial charge in [0.15, 0.2) is 23.1 Å². The van der Waals surface area contributed by atoms with E-state index in [1.807, 2.05) is 13.8 Å². The summed E-state index contributed by atoms with van der Waals surface area (Å²) in [6.45, 7) is 8.88. The minimum absolute atomic E-state index is 0.329. The Morgan fingerprint density at radius 1 is 1.00 bits per heavy atom. The molecule has 0 bridgehead atoms. The number of hydrogen-bond donors (Lipinski definition) is 2.